The molecule has 84 valence electrons. The van der Waals surface area contributed by atoms with Crippen molar-refractivity contribution < 1.29 is 19.1 Å². The summed E-state index contributed by atoms with van der Waals surface area (Å²) < 4.78 is 10.2. The van der Waals surface area contributed by atoms with Gasteiger partial charge in [-0.1, -0.05) is 6.58 Å². The Balaban J connectivity index is 2.69. The predicted molar refractivity (Wildman–Crippen MR) is 54.1 cm³/mol. The van der Waals surface area contributed by atoms with E-state index in [0.717, 1.165) is 0 Å². The van der Waals surface area contributed by atoms with Gasteiger partial charge >= 0.3 is 11.9 Å². The number of cyclic esters (lactones) is 1. The summed E-state index contributed by atoms with van der Waals surface area (Å²) in [6.45, 7) is 8.60. The van der Waals surface area contributed by atoms with Gasteiger partial charge in [0.1, 0.15) is 11.7 Å². The molecule has 1 heterocycles. The van der Waals surface area contributed by atoms with Gasteiger partial charge in [-0.15, -0.1) is 0 Å². The van der Waals surface area contributed by atoms with E-state index in [4.69, 9.17) is 9.47 Å². The second-order valence-corrected chi connectivity index (χ2v) is 4.30. The molecule has 0 N–H and O–H groups in total. The van der Waals surface area contributed by atoms with Gasteiger partial charge in [0.05, 0.1) is 6.42 Å². The first kappa shape index (κ1) is 11.8. The molecule has 4 heteroatoms. The minimum absolute atomic E-state index is 0.108. The van der Waals surface area contributed by atoms with Gasteiger partial charge in [-0.3, -0.25) is 4.79 Å². The second-order valence-electron chi connectivity index (χ2n) is 4.30. The molecule has 0 unspecified atom stereocenters. The number of carbonyl (C=O) groups is 2. The first-order valence-corrected chi connectivity index (χ1v) is 4.91. The average Bonchev–Trinajstić information content (AvgIpc) is 1.99. The van der Waals surface area contributed by atoms with Gasteiger partial charge in [0.15, 0.2) is 0 Å². The van der Waals surface area contributed by atoms with Crippen LogP contribution in [0.15, 0.2) is 12.2 Å². The van der Waals surface area contributed by atoms with Crippen LogP contribution in [0.4, 0.5) is 0 Å². The maximum atomic E-state index is 11.4. The molecule has 1 saturated heterocycles. The average molecular weight is 212 g/mol. The maximum Gasteiger partial charge on any atom is 0.333 e. The molecule has 1 aliphatic rings. The zero-order valence-electron chi connectivity index (χ0n) is 9.33. The summed E-state index contributed by atoms with van der Waals surface area (Å²) >= 11 is 0. The van der Waals surface area contributed by atoms with E-state index in [1.165, 1.54) is 0 Å². The molecule has 0 aliphatic carbocycles. The van der Waals surface area contributed by atoms with Crippen LogP contribution in [-0.2, 0) is 19.1 Å². The molecule has 0 saturated carbocycles. The van der Waals surface area contributed by atoms with Crippen molar-refractivity contribution in [2.24, 2.45) is 0 Å². The number of esters is 2. The quantitative estimate of drug-likeness (QED) is 0.515. The Kier molecular flexibility index (Phi) is 3.17. The van der Waals surface area contributed by atoms with Gasteiger partial charge in [-0.25, -0.2) is 4.79 Å². The highest BCUT2D eigenvalue weighted by molar-refractivity contribution is 5.87. The molecule has 0 aromatic heterocycles. The van der Waals surface area contributed by atoms with Gasteiger partial charge in [0, 0.05) is 12.0 Å². The van der Waals surface area contributed by atoms with Crippen LogP contribution >= 0.6 is 0 Å². The summed E-state index contributed by atoms with van der Waals surface area (Å²) in [5.74, 6) is -0.787. The molecular weight excluding hydrogens is 196 g/mol. The molecule has 0 spiro atoms. The SMILES string of the molecule is C=C(C)C(=O)O[C@]1(C)CC(=O)O[C@@H](C)C1. The molecule has 2 atom stereocenters. The van der Waals surface area contributed by atoms with E-state index in [1.807, 2.05) is 0 Å². The smallest absolute Gasteiger partial charge is 0.333 e. The Morgan fingerprint density at radius 1 is 1.67 bits per heavy atom. The zero-order chi connectivity index (χ0) is 11.6. The lowest BCUT2D eigenvalue weighted by molar-refractivity contribution is -0.178. The topological polar surface area (TPSA) is 52.6 Å². The van der Waals surface area contributed by atoms with Crippen molar-refractivity contribution in [2.45, 2.75) is 45.3 Å². The number of rotatable bonds is 2. The van der Waals surface area contributed by atoms with Crippen LogP contribution in [0, 0.1) is 0 Å². The number of hydrogen-bond acceptors (Lipinski definition) is 4. The largest absolute Gasteiger partial charge is 0.462 e. The Morgan fingerprint density at radius 2 is 2.27 bits per heavy atom. The van der Waals surface area contributed by atoms with E-state index in [1.54, 1.807) is 20.8 Å². The summed E-state index contributed by atoms with van der Waals surface area (Å²) in [6, 6.07) is 0. The Hall–Kier alpha value is -1.32. The summed E-state index contributed by atoms with van der Waals surface area (Å²) in [5, 5.41) is 0. The van der Waals surface area contributed by atoms with Crippen LogP contribution in [-0.4, -0.2) is 23.6 Å². The zero-order valence-corrected chi connectivity index (χ0v) is 9.33. The highest BCUT2D eigenvalue weighted by atomic mass is 16.6. The molecule has 0 bridgehead atoms. The van der Waals surface area contributed by atoms with Gasteiger partial charge < -0.3 is 9.47 Å². The molecule has 1 aliphatic heterocycles. The van der Waals surface area contributed by atoms with Gasteiger partial charge in [0.25, 0.3) is 0 Å². The number of carbonyl (C=O) groups excluding carboxylic acids is 2. The van der Waals surface area contributed by atoms with Crippen molar-refractivity contribution in [3.63, 3.8) is 0 Å². The van der Waals surface area contributed by atoms with Crippen LogP contribution in [0.1, 0.15) is 33.6 Å². The molecular formula is C11H16O4. The van der Waals surface area contributed by atoms with E-state index in [2.05, 4.69) is 6.58 Å². The Bertz CT molecular complexity index is 308. The molecule has 0 aromatic rings. The fraction of sp³-hybridized carbons (Fsp3) is 0.636. The molecule has 1 fully saturated rings. The fourth-order valence-electron chi connectivity index (χ4n) is 1.68. The lowest BCUT2D eigenvalue weighted by Crippen LogP contribution is -2.43. The van der Waals surface area contributed by atoms with Crippen LogP contribution in [0.25, 0.3) is 0 Å². The summed E-state index contributed by atoms with van der Waals surface area (Å²) in [6.07, 6.45) is 0.419. The summed E-state index contributed by atoms with van der Waals surface area (Å²) in [5.41, 5.74) is -0.423. The molecule has 4 nitrogen and oxygen atoms in total. The first-order chi connectivity index (χ1) is 6.82. The molecule has 0 amide bonds. The van der Waals surface area contributed by atoms with Crippen molar-refractivity contribution in [3.05, 3.63) is 12.2 Å². The molecule has 15 heavy (non-hydrogen) atoms. The minimum atomic E-state index is -0.759. The van der Waals surface area contributed by atoms with Crippen LogP contribution in [0.5, 0.6) is 0 Å². The summed E-state index contributed by atoms with van der Waals surface area (Å²) in [4.78, 5) is 22.6. The second kappa shape index (κ2) is 4.04. The maximum absolute atomic E-state index is 11.4. The third-order valence-electron chi connectivity index (χ3n) is 2.26. The lowest BCUT2D eigenvalue weighted by atomic mass is 9.92. The van der Waals surface area contributed by atoms with Crippen molar-refractivity contribution in [2.75, 3.05) is 0 Å². The van der Waals surface area contributed by atoms with E-state index >= 15 is 0 Å². The van der Waals surface area contributed by atoms with Gasteiger partial charge in [0.2, 0.25) is 0 Å². The van der Waals surface area contributed by atoms with E-state index in [-0.39, 0.29) is 18.5 Å². The fourth-order valence-corrected chi connectivity index (χ4v) is 1.68. The molecule has 0 aromatic carbocycles. The highest BCUT2D eigenvalue weighted by Gasteiger charge is 2.39. The van der Waals surface area contributed by atoms with Crippen molar-refractivity contribution in [1.82, 2.24) is 0 Å². The lowest BCUT2D eigenvalue weighted by Gasteiger charge is -2.35. The number of ether oxygens (including phenoxy) is 2. The van der Waals surface area contributed by atoms with Crippen LogP contribution in [0.2, 0.25) is 0 Å². The van der Waals surface area contributed by atoms with E-state index < -0.39 is 11.6 Å². The Labute approximate surface area is 89.2 Å². The van der Waals surface area contributed by atoms with Crippen LogP contribution < -0.4 is 0 Å². The monoisotopic (exact) mass is 212 g/mol. The molecule has 0 radical (unpaired) electrons. The first-order valence-electron chi connectivity index (χ1n) is 4.91. The van der Waals surface area contributed by atoms with Crippen molar-refractivity contribution in [3.8, 4) is 0 Å². The van der Waals surface area contributed by atoms with Crippen LogP contribution in [0.3, 0.4) is 0 Å². The standard InChI is InChI=1S/C11H16O4/c1-7(2)10(13)15-11(4)5-8(3)14-9(12)6-11/h8H,1,5-6H2,2-4H3/t8-,11-/m0/s1. The number of hydrogen-bond donors (Lipinski definition) is 0. The highest BCUT2D eigenvalue weighted by Crippen LogP contribution is 2.29. The minimum Gasteiger partial charge on any atom is -0.462 e. The van der Waals surface area contributed by atoms with E-state index in [9.17, 15) is 9.59 Å². The summed E-state index contributed by atoms with van der Waals surface area (Å²) in [7, 11) is 0. The van der Waals surface area contributed by atoms with Gasteiger partial charge in [-0.05, 0) is 20.8 Å². The Morgan fingerprint density at radius 3 is 2.73 bits per heavy atom. The third-order valence-corrected chi connectivity index (χ3v) is 2.26. The van der Waals surface area contributed by atoms with Crippen molar-refractivity contribution in [1.29, 1.82) is 0 Å². The van der Waals surface area contributed by atoms with Crippen molar-refractivity contribution >= 4 is 11.9 Å². The van der Waals surface area contributed by atoms with E-state index in [0.29, 0.717) is 12.0 Å². The third kappa shape index (κ3) is 3.08. The normalized spacial score (nSPS) is 30.6. The predicted octanol–water partition coefficient (Wildman–Crippen LogP) is 1.59. The van der Waals surface area contributed by atoms with Gasteiger partial charge in [-0.2, -0.15) is 0 Å². The molecule has 1 rings (SSSR count).